The van der Waals surface area contributed by atoms with Crippen molar-refractivity contribution < 1.29 is 23.0 Å². The highest BCUT2D eigenvalue weighted by atomic mass is 19.2. The first-order chi connectivity index (χ1) is 16.6. The molecule has 3 nitrogen and oxygen atoms in total. The number of unbranched alkanes of at least 4 members (excludes halogenated alkanes) is 1. The Morgan fingerprint density at radius 3 is 2.06 bits per heavy atom. The van der Waals surface area contributed by atoms with E-state index in [1.165, 1.54) is 62.6 Å². The van der Waals surface area contributed by atoms with Gasteiger partial charge in [-0.05, 0) is 67.2 Å². The first kappa shape index (κ1) is 25.1. The van der Waals surface area contributed by atoms with Crippen molar-refractivity contribution in [1.82, 2.24) is 0 Å². The monoisotopic (exact) mass is 472 g/mol. The van der Waals surface area contributed by atoms with Gasteiger partial charge in [0, 0.05) is 11.5 Å². The molecule has 0 aromatic heterocycles. The molecular formula is C29H38F2O3. The van der Waals surface area contributed by atoms with Crippen LogP contribution in [0.4, 0.5) is 8.78 Å². The summed E-state index contributed by atoms with van der Waals surface area (Å²) in [5.74, 6) is -0.377. The van der Waals surface area contributed by atoms with E-state index in [9.17, 15) is 8.78 Å². The molecule has 2 aromatic carbocycles. The molecule has 5 heteroatoms. The summed E-state index contributed by atoms with van der Waals surface area (Å²) in [5, 5.41) is 0. The topological polar surface area (TPSA) is 27.7 Å². The van der Waals surface area contributed by atoms with E-state index in [2.05, 4.69) is 31.2 Å². The van der Waals surface area contributed by atoms with Gasteiger partial charge >= 0.3 is 0 Å². The van der Waals surface area contributed by atoms with E-state index < -0.39 is 17.9 Å². The van der Waals surface area contributed by atoms with Crippen LogP contribution in [0.5, 0.6) is 5.75 Å². The van der Waals surface area contributed by atoms with Crippen LogP contribution < -0.4 is 4.74 Å². The summed E-state index contributed by atoms with van der Waals surface area (Å²) in [6.07, 6.45) is 9.12. The van der Waals surface area contributed by atoms with Crippen molar-refractivity contribution in [1.29, 1.82) is 0 Å². The quantitative estimate of drug-likeness (QED) is 0.369. The first-order valence-electron chi connectivity index (χ1n) is 13.0. The van der Waals surface area contributed by atoms with Crippen molar-refractivity contribution in [3.05, 3.63) is 64.7 Å². The van der Waals surface area contributed by atoms with Gasteiger partial charge in [0.2, 0.25) is 5.82 Å². The van der Waals surface area contributed by atoms with Crippen LogP contribution in [0, 0.1) is 17.6 Å². The molecule has 0 unspecified atom stereocenters. The molecular weight excluding hydrogens is 434 g/mol. The fraction of sp³-hybridized carbons (Fsp3) is 0.586. The van der Waals surface area contributed by atoms with Crippen molar-refractivity contribution in [3.8, 4) is 5.75 Å². The second-order valence-electron chi connectivity index (χ2n) is 9.85. The molecule has 0 spiro atoms. The van der Waals surface area contributed by atoms with Crippen molar-refractivity contribution in [2.45, 2.75) is 83.3 Å². The Morgan fingerprint density at radius 2 is 1.44 bits per heavy atom. The maximum Gasteiger partial charge on any atom is 0.201 e. The van der Waals surface area contributed by atoms with Gasteiger partial charge in [-0.3, -0.25) is 0 Å². The molecule has 2 aliphatic rings. The van der Waals surface area contributed by atoms with E-state index in [1.807, 2.05) is 6.92 Å². The molecule has 34 heavy (non-hydrogen) atoms. The molecule has 1 saturated carbocycles. The molecule has 0 amide bonds. The van der Waals surface area contributed by atoms with Crippen LogP contribution in [0.1, 0.15) is 100 Å². The van der Waals surface area contributed by atoms with E-state index in [0.29, 0.717) is 25.7 Å². The second kappa shape index (κ2) is 12.1. The van der Waals surface area contributed by atoms with E-state index in [-0.39, 0.29) is 17.2 Å². The Labute approximate surface area is 202 Å². The smallest absolute Gasteiger partial charge is 0.201 e. The average molecular weight is 473 g/mol. The maximum atomic E-state index is 14.6. The Hall–Kier alpha value is -1.98. The fourth-order valence-corrected chi connectivity index (χ4v) is 5.25. The Balaban J connectivity index is 1.30. The number of halogens is 2. The van der Waals surface area contributed by atoms with E-state index in [0.717, 1.165) is 17.9 Å². The molecule has 1 saturated heterocycles. The molecule has 0 N–H and O–H groups in total. The predicted octanol–water partition coefficient (Wildman–Crippen LogP) is 8.05. The van der Waals surface area contributed by atoms with Crippen LogP contribution in [-0.4, -0.2) is 19.8 Å². The van der Waals surface area contributed by atoms with Gasteiger partial charge in [0.15, 0.2) is 17.9 Å². The molecule has 1 aliphatic carbocycles. The lowest BCUT2D eigenvalue weighted by Gasteiger charge is -2.31. The van der Waals surface area contributed by atoms with Crippen molar-refractivity contribution in [3.63, 3.8) is 0 Å². The molecule has 2 fully saturated rings. The lowest BCUT2D eigenvalue weighted by atomic mass is 9.77. The summed E-state index contributed by atoms with van der Waals surface area (Å²) in [4.78, 5) is 0. The predicted molar refractivity (Wildman–Crippen MR) is 130 cm³/mol. The number of rotatable bonds is 9. The number of hydrogen-bond acceptors (Lipinski definition) is 3. The third kappa shape index (κ3) is 5.98. The highest BCUT2D eigenvalue weighted by molar-refractivity contribution is 5.32. The van der Waals surface area contributed by atoms with Crippen LogP contribution in [-0.2, 0) is 9.47 Å². The Morgan fingerprint density at radius 1 is 0.794 bits per heavy atom. The standard InChI is InChI=1S/C29H38F2O3/c1-3-5-6-20-7-9-21(10-8-20)22-11-13-23(14-12-22)24-18-33-29(34-19-24)25-15-16-26(32-17-4-2)28(31)27(25)30/h11-16,20-21,24,29H,3-10,17-19H2,1-2H3. The van der Waals surface area contributed by atoms with E-state index in [1.54, 1.807) is 0 Å². The van der Waals surface area contributed by atoms with Gasteiger partial charge in [-0.25, -0.2) is 4.39 Å². The molecule has 0 bridgehead atoms. The minimum Gasteiger partial charge on any atom is -0.490 e. The summed E-state index contributed by atoms with van der Waals surface area (Å²) in [6, 6.07) is 11.8. The van der Waals surface area contributed by atoms with Gasteiger partial charge in [-0.2, -0.15) is 4.39 Å². The molecule has 186 valence electrons. The normalized spacial score (nSPS) is 25.3. The minimum absolute atomic E-state index is 0.0738. The van der Waals surface area contributed by atoms with E-state index in [4.69, 9.17) is 14.2 Å². The van der Waals surface area contributed by atoms with Gasteiger partial charge in [-0.1, -0.05) is 57.4 Å². The average Bonchev–Trinajstić information content (AvgIpc) is 2.89. The zero-order valence-corrected chi connectivity index (χ0v) is 20.5. The van der Waals surface area contributed by atoms with Gasteiger partial charge in [0.1, 0.15) is 0 Å². The highest BCUT2D eigenvalue weighted by Gasteiger charge is 2.29. The zero-order chi connectivity index (χ0) is 23.9. The Bertz CT molecular complexity index is 898. The van der Waals surface area contributed by atoms with Crippen LogP contribution in [0.25, 0.3) is 0 Å². The van der Waals surface area contributed by atoms with Crippen LogP contribution in [0.3, 0.4) is 0 Å². The summed E-state index contributed by atoms with van der Waals surface area (Å²) in [6.45, 7) is 5.33. The fourth-order valence-electron chi connectivity index (χ4n) is 5.25. The molecule has 1 aliphatic heterocycles. The summed E-state index contributed by atoms with van der Waals surface area (Å²) in [5.41, 5.74) is 2.66. The second-order valence-corrected chi connectivity index (χ2v) is 9.85. The van der Waals surface area contributed by atoms with Gasteiger partial charge in [-0.15, -0.1) is 0 Å². The van der Waals surface area contributed by atoms with Gasteiger partial charge in [0.05, 0.1) is 19.8 Å². The summed E-state index contributed by atoms with van der Waals surface area (Å²) < 4.78 is 45.8. The van der Waals surface area contributed by atoms with Crippen molar-refractivity contribution in [2.24, 2.45) is 5.92 Å². The molecule has 1 heterocycles. The molecule has 4 rings (SSSR count). The number of ether oxygens (including phenoxy) is 3. The van der Waals surface area contributed by atoms with Gasteiger partial charge < -0.3 is 14.2 Å². The minimum atomic E-state index is -0.991. The maximum absolute atomic E-state index is 14.6. The Kier molecular flexibility index (Phi) is 8.96. The van der Waals surface area contributed by atoms with Crippen molar-refractivity contribution in [2.75, 3.05) is 19.8 Å². The number of hydrogen-bond donors (Lipinski definition) is 0. The highest BCUT2D eigenvalue weighted by Crippen LogP contribution is 2.39. The third-order valence-electron chi connectivity index (χ3n) is 7.38. The van der Waals surface area contributed by atoms with Gasteiger partial charge in [0.25, 0.3) is 0 Å². The van der Waals surface area contributed by atoms with Crippen LogP contribution >= 0.6 is 0 Å². The lowest BCUT2D eigenvalue weighted by Crippen LogP contribution is -2.26. The van der Waals surface area contributed by atoms with Crippen LogP contribution in [0.2, 0.25) is 0 Å². The molecule has 0 radical (unpaired) electrons. The first-order valence-corrected chi connectivity index (χ1v) is 13.0. The van der Waals surface area contributed by atoms with Crippen LogP contribution in [0.15, 0.2) is 36.4 Å². The largest absolute Gasteiger partial charge is 0.490 e. The number of benzene rings is 2. The molecule has 2 aromatic rings. The van der Waals surface area contributed by atoms with E-state index >= 15 is 0 Å². The lowest BCUT2D eigenvalue weighted by molar-refractivity contribution is -0.193. The zero-order valence-electron chi connectivity index (χ0n) is 20.5. The third-order valence-corrected chi connectivity index (χ3v) is 7.38. The summed E-state index contributed by atoms with van der Waals surface area (Å²) >= 11 is 0. The summed E-state index contributed by atoms with van der Waals surface area (Å²) in [7, 11) is 0. The van der Waals surface area contributed by atoms with Crippen molar-refractivity contribution >= 4 is 0 Å². The SMILES string of the molecule is CCCCC1CCC(c2ccc(C3COC(c4ccc(OCCC)c(F)c4F)OC3)cc2)CC1. The molecule has 0 atom stereocenters.